The zero-order valence-electron chi connectivity index (χ0n) is 10.1. The Hall–Kier alpha value is -1.66. The minimum Gasteiger partial charge on any atom is -0.358 e. The molecule has 0 aliphatic carbocycles. The lowest BCUT2D eigenvalue weighted by atomic mass is 10.2. The van der Waals surface area contributed by atoms with Crippen molar-refractivity contribution >= 4 is 23.2 Å². The number of carbonyl (C=O) groups excluding carboxylic acids is 1. The van der Waals surface area contributed by atoms with Crippen LogP contribution in [0.3, 0.4) is 0 Å². The zero-order valence-corrected chi connectivity index (χ0v) is 10.8. The van der Waals surface area contributed by atoms with Crippen LogP contribution in [0.2, 0.25) is 5.02 Å². The molecule has 0 spiro atoms. The van der Waals surface area contributed by atoms with Crippen molar-refractivity contribution in [2.45, 2.75) is 19.5 Å². The fraction of sp³-hybridized carbons (Fsp3) is 0.364. The number of likely N-dealkylation sites (N-methyl/N-ethyl adjacent to an activating group) is 1. The predicted octanol–water partition coefficient (Wildman–Crippen LogP) is 1.47. The molecule has 0 aliphatic rings. The molecule has 1 unspecified atom stereocenters. The third-order valence-electron chi connectivity index (χ3n) is 2.46. The molecule has 0 radical (unpaired) electrons. The largest absolute Gasteiger partial charge is 0.358 e. The predicted molar refractivity (Wildman–Crippen MR) is 68.5 cm³/mol. The molecule has 0 aliphatic heterocycles. The summed E-state index contributed by atoms with van der Waals surface area (Å²) >= 11 is 5.70. The molecule has 0 aromatic heterocycles. The van der Waals surface area contributed by atoms with Crippen LogP contribution in [-0.4, -0.2) is 23.9 Å². The van der Waals surface area contributed by atoms with Crippen LogP contribution in [0.5, 0.6) is 0 Å². The van der Waals surface area contributed by atoms with Crippen molar-refractivity contribution in [3.63, 3.8) is 0 Å². The molecule has 0 saturated carbocycles. The first kappa shape index (κ1) is 14.4. The van der Waals surface area contributed by atoms with Gasteiger partial charge in [0.05, 0.1) is 11.0 Å². The fourth-order valence-electron chi connectivity index (χ4n) is 1.39. The summed E-state index contributed by atoms with van der Waals surface area (Å²) in [4.78, 5) is 21.4. The Bertz CT molecular complexity index is 465. The van der Waals surface area contributed by atoms with E-state index in [0.29, 0.717) is 12.1 Å². The lowest BCUT2D eigenvalue weighted by Crippen LogP contribution is -2.40. The van der Waals surface area contributed by atoms with E-state index in [0.717, 1.165) is 0 Å². The van der Waals surface area contributed by atoms with Crippen molar-refractivity contribution < 1.29 is 9.72 Å². The number of rotatable bonds is 5. The van der Waals surface area contributed by atoms with Crippen molar-refractivity contribution in [3.8, 4) is 0 Å². The van der Waals surface area contributed by atoms with Crippen LogP contribution in [0.15, 0.2) is 18.2 Å². The van der Waals surface area contributed by atoms with E-state index in [9.17, 15) is 14.9 Å². The molecule has 98 valence electrons. The van der Waals surface area contributed by atoms with Gasteiger partial charge >= 0.3 is 0 Å². The Morgan fingerprint density at radius 1 is 1.56 bits per heavy atom. The van der Waals surface area contributed by atoms with Gasteiger partial charge in [-0.15, -0.1) is 0 Å². The Morgan fingerprint density at radius 3 is 2.78 bits per heavy atom. The van der Waals surface area contributed by atoms with Gasteiger partial charge in [0.15, 0.2) is 0 Å². The first-order chi connectivity index (χ1) is 8.45. The normalized spacial score (nSPS) is 11.9. The van der Waals surface area contributed by atoms with E-state index in [4.69, 9.17) is 11.6 Å². The third kappa shape index (κ3) is 3.68. The number of carbonyl (C=O) groups is 1. The van der Waals surface area contributed by atoms with E-state index >= 15 is 0 Å². The van der Waals surface area contributed by atoms with E-state index in [1.807, 2.05) is 0 Å². The van der Waals surface area contributed by atoms with Gasteiger partial charge in [-0.25, -0.2) is 0 Å². The summed E-state index contributed by atoms with van der Waals surface area (Å²) < 4.78 is 0. The summed E-state index contributed by atoms with van der Waals surface area (Å²) in [5.41, 5.74) is 0.561. The number of benzene rings is 1. The standard InChI is InChI=1S/C11H14ClN3O3/c1-7(11(16)13-2)14-6-8-3-4-9(12)10(5-8)15(17)18/h3-5,7,14H,6H2,1-2H3,(H,13,16). The molecule has 1 amide bonds. The van der Waals surface area contributed by atoms with Gasteiger partial charge in [0.25, 0.3) is 5.69 Å². The number of nitrogens with zero attached hydrogens (tertiary/aromatic N) is 1. The van der Waals surface area contributed by atoms with Crippen LogP contribution in [0.25, 0.3) is 0 Å². The van der Waals surface area contributed by atoms with E-state index in [2.05, 4.69) is 10.6 Å². The van der Waals surface area contributed by atoms with Gasteiger partial charge in [-0.05, 0) is 18.6 Å². The number of nitro benzene ring substituents is 1. The van der Waals surface area contributed by atoms with E-state index in [1.54, 1.807) is 20.0 Å². The second-order valence-corrected chi connectivity index (χ2v) is 4.17. The van der Waals surface area contributed by atoms with Crippen molar-refractivity contribution in [2.24, 2.45) is 0 Å². The van der Waals surface area contributed by atoms with Gasteiger partial charge in [0, 0.05) is 19.7 Å². The first-order valence-corrected chi connectivity index (χ1v) is 5.71. The zero-order chi connectivity index (χ0) is 13.7. The average Bonchev–Trinajstić information content (AvgIpc) is 2.36. The van der Waals surface area contributed by atoms with Gasteiger partial charge in [-0.1, -0.05) is 17.7 Å². The molecule has 6 nitrogen and oxygen atoms in total. The second-order valence-electron chi connectivity index (χ2n) is 3.76. The lowest BCUT2D eigenvalue weighted by Gasteiger charge is -2.12. The number of nitrogens with one attached hydrogen (secondary N) is 2. The summed E-state index contributed by atoms with van der Waals surface area (Å²) in [5.74, 6) is -0.140. The molecular weight excluding hydrogens is 258 g/mol. The highest BCUT2D eigenvalue weighted by atomic mass is 35.5. The minimum absolute atomic E-state index is 0.100. The van der Waals surface area contributed by atoms with Crippen molar-refractivity contribution in [3.05, 3.63) is 38.9 Å². The van der Waals surface area contributed by atoms with Gasteiger partial charge < -0.3 is 10.6 Å². The third-order valence-corrected chi connectivity index (χ3v) is 2.78. The molecule has 1 atom stereocenters. The van der Waals surface area contributed by atoms with Crippen LogP contribution < -0.4 is 10.6 Å². The molecule has 0 heterocycles. The Morgan fingerprint density at radius 2 is 2.22 bits per heavy atom. The maximum absolute atomic E-state index is 11.3. The van der Waals surface area contributed by atoms with Crippen LogP contribution >= 0.6 is 11.6 Å². The van der Waals surface area contributed by atoms with Gasteiger partial charge in [-0.2, -0.15) is 0 Å². The Balaban J connectivity index is 2.71. The SMILES string of the molecule is CNC(=O)C(C)NCc1ccc(Cl)c([N+](=O)[O-])c1. The molecule has 1 aromatic rings. The molecule has 7 heteroatoms. The smallest absolute Gasteiger partial charge is 0.288 e. The van der Waals surface area contributed by atoms with E-state index < -0.39 is 4.92 Å². The number of hydrogen-bond donors (Lipinski definition) is 2. The van der Waals surface area contributed by atoms with Crippen molar-refractivity contribution in [1.29, 1.82) is 0 Å². The van der Waals surface area contributed by atoms with Crippen molar-refractivity contribution in [1.82, 2.24) is 10.6 Å². The fourth-order valence-corrected chi connectivity index (χ4v) is 1.57. The first-order valence-electron chi connectivity index (χ1n) is 5.33. The number of hydrogen-bond acceptors (Lipinski definition) is 4. The molecule has 18 heavy (non-hydrogen) atoms. The van der Waals surface area contributed by atoms with Crippen LogP contribution in [0.1, 0.15) is 12.5 Å². The number of nitro groups is 1. The summed E-state index contributed by atoms with van der Waals surface area (Å²) in [6.07, 6.45) is 0. The second kappa shape index (κ2) is 6.32. The molecule has 0 fully saturated rings. The highest BCUT2D eigenvalue weighted by Gasteiger charge is 2.14. The minimum atomic E-state index is -0.534. The maximum atomic E-state index is 11.3. The monoisotopic (exact) mass is 271 g/mol. The highest BCUT2D eigenvalue weighted by Crippen LogP contribution is 2.24. The number of halogens is 1. The lowest BCUT2D eigenvalue weighted by molar-refractivity contribution is -0.384. The van der Waals surface area contributed by atoms with Crippen LogP contribution in [0, 0.1) is 10.1 Å². The molecule has 0 bridgehead atoms. The molecule has 1 aromatic carbocycles. The summed E-state index contributed by atoms with van der Waals surface area (Å²) in [7, 11) is 1.55. The van der Waals surface area contributed by atoms with Crippen LogP contribution in [0.4, 0.5) is 5.69 Å². The summed E-state index contributed by atoms with van der Waals surface area (Å²) in [6, 6.07) is 4.18. The highest BCUT2D eigenvalue weighted by molar-refractivity contribution is 6.32. The van der Waals surface area contributed by atoms with Gasteiger partial charge in [-0.3, -0.25) is 14.9 Å². The van der Waals surface area contributed by atoms with Gasteiger partial charge in [0.1, 0.15) is 5.02 Å². The summed E-state index contributed by atoms with van der Waals surface area (Å²) in [5, 5.41) is 16.3. The van der Waals surface area contributed by atoms with E-state index in [1.165, 1.54) is 12.1 Å². The number of amides is 1. The molecule has 0 saturated heterocycles. The van der Waals surface area contributed by atoms with Crippen molar-refractivity contribution in [2.75, 3.05) is 7.05 Å². The summed E-state index contributed by atoms with van der Waals surface area (Å²) in [6.45, 7) is 2.07. The quantitative estimate of drug-likeness (QED) is 0.627. The molecule has 2 N–H and O–H groups in total. The Labute approximate surface area is 109 Å². The van der Waals surface area contributed by atoms with E-state index in [-0.39, 0.29) is 22.7 Å². The topological polar surface area (TPSA) is 84.3 Å². The molecule has 1 rings (SSSR count). The average molecular weight is 272 g/mol. The van der Waals surface area contributed by atoms with Crippen LogP contribution in [-0.2, 0) is 11.3 Å². The van der Waals surface area contributed by atoms with Gasteiger partial charge in [0.2, 0.25) is 5.91 Å². The Kier molecular flexibility index (Phi) is 5.06. The molecular formula is C11H14ClN3O3. The maximum Gasteiger partial charge on any atom is 0.288 e.